The third-order valence-electron chi connectivity index (χ3n) is 2.78. The summed E-state index contributed by atoms with van der Waals surface area (Å²) in [5.41, 5.74) is 7.51. The second-order valence-electron chi connectivity index (χ2n) is 4.09. The van der Waals surface area contributed by atoms with E-state index in [4.69, 9.17) is 5.73 Å². The molecule has 0 saturated heterocycles. The van der Waals surface area contributed by atoms with Gasteiger partial charge in [-0.3, -0.25) is 0 Å². The van der Waals surface area contributed by atoms with Crippen molar-refractivity contribution >= 4 is 11.3 Å². The van der Waals surface area contributed by atoms with E-state index in [0.717, 1.165) is 10.6 Å². The number of ether oxygens (including phenoxy) is 1. The third-order valence-corrected chi connectivity index (χ3v) is 3.94. The number of thiazole rings is 1. The van der Waals surface area contributed by atoms with Crippen molar-refractivity contribution in [2.24, 2.45) is 5.73 Å². The molecule has 0 aliphatic carbocycles. The topological polar surface area (TPSA) is 48.1 Å². The minimum atomic E-state index is -2.87. The van der Waals surface area contributed by atoms with Gasteiger partial charge in [0.15, 0.2) is 0 Å². The Labute approximate surface area is 114 Å². The van der Waals surface area contributed by atoms with Crippen LogP contribution in [-0.2, 0) is 0 Å². The summed E-state index contributed by atoms with van der Waals surface area (Å²) < 4.78 is 29.2. The molecule has 1 heterocycles. The highest BCUT2D eigenvalue weighted by molar-refractivity contribution is 7.11. The molecule has 0 aliphatic heterocycles. The van der Waals surface area contributed by atoms with E-state index in [2.05, 4.69) is 9.72 Å². The van der Waals surface area contributed by atoms with Crippen LogP contribution in [0.4, 0.5) is 8.78 Å². The highest BCUT2D eigenvalue weighted by atomic mass is 32.1. The predicted molar refractivity (Wildman–Crippen MR) is 70.7 cm³/mol. The Morgan fingerprint density at radius 2 is 1.95 bits per heavy atom. The average molecular weight is 284 g/mol. The van der Waals surface area contributed by atoms with Gasteiger partial charge in [0, 0.05) is 10.4 Å². The fraction of sp³-hybridized carbons (Fsp3) is 0.308. The van der Waals surface area contributed by atoms with Crippen molar-refractivity contribution in [3.8, 4) is 5.75 Å². The van der Waals surface area contributed by atoms with E-state index in [-0.39, 0.29) is 5.75 Å². The van der Waals surface area contributed by atoms with Crippen LogP contribution in [0.15, 0.2) is 24.3 Å². The van der Waals surface area contributed by atoms with Crippen molar-refractivity contribution in [1.29, 1.82) is 0 Å². The average Bonchev–Trinajstić information content (AvgIpc) is 2.69. The normalized spacial score (nSPS) is 12.7. The second-order valence-corrected chi connectivity index (χ2v) is 5.32. The molecule has 0 amide bonds. The number of aryl methyl sites for hydroxylation is 2. The summed E-state index contributed by atoms with van der Waals surface area (Å²) in [6.45, 7) is 0.974. The SMILES string of the molecule is Cc1nc(C(N)c2ccccc2OC(F)F)sc1C. The summed E-state index contributed by atoms with van der Waals surface area (Å²) in [7, 11) is 0. The number of para-hydroxylation sites is 1. The summed E-state index contributed by atoms with van der Waals surface area (Å²) in [4.78, 5) is 5.42. The zero-order valence-electron chi connectivity index (χ0n) is 10.6. The molecule has 1 aromatic carbocycles. The molecule has 6 heteroatoms. The minimum Gasteiger partial charge on any atom is -0.434 e. The molecule has 3 nitrogen and oxygen atoms in total. The number of halogens is 2. The Balaban J connectivity index is 2.35. The Kier molecular flexibility index (Phi) is 4.11. The number of rotatable bonds is 4. The first kappa shape index (κ1) is 13.9. The van der Waals surface area contributed by atoms with Crippen molar-refractivity contribution in [3.63, 3.8) is 0 Å². The number of nitrogens with zero attached hydrogens (tertiary/aromatic N) is 1. The van der Waals surface area contributed by atoms with Gasteiger partial charge < -0.3 is 10.5 Å². The van der Waals surface area contributed by atoms with Crippen molar-refractivity contribution in [1.82, 2.24) is 4.98 Å². The van der Waals surface area contributed by atoms with Crippen LogP contribution < -0.4 is 10.5 Å². The maximum absolute atomic E-state index is 12.4. The van der Waals surface area contributed by atoms with Crippen molar-refractivity contribution in [2.45, 2.75) is 26.5 Å². The first-order valence-electron chi connectivity index (χ1n) is 5.72. The lowest BCUT2D eigenvalue weighted by Crippen LogP contribution is -2.14. The molecule has 1 unspecified atom stereocenters. The number of hydrogen-bond donors (Lipinski definition) is 1. The minimum absolute atomic E-state index is 0.0931. The third kappa shape index (κ3) is 3.08. The number of nitrogens with two attached hydrogens (primary N) is 1. The number of aromatic nitrogens is 1. The van der Waals surface area contributed by atoms with E-state index in [0.29, 0.717) is 10.6 Å². The summed E-state index contributed by atoms with van der Waals surface area (Å²) in [6.07, 6.45) is 0. The summed E-state index contributed by atoms with van der Waals surface area (Å²) in [5.74, 6) is 0.0931. The lowest BCUT2D eigenvalue weighted by molar-refractivity contribution is -0.0505. The molecular weight excluding hydrogens is 270 g/mol. The van der Waals surface area contributed by atoms with Crippen LogP contribution in [0.2, 0.25) is 0 Å². The van der Waals surface area contributed by atoms with Gasteiger partial charge in [-0.1, -0.05) is 18.2 Å². The smallest absolute Gasteiger partial charge is 0.387 e. The zero-order chi connectivity index (χ0) is 14.0. The molecule has 2 N–H and O–H groups in total. The Morgan fingerprint density at radius 3 is 2.53 bits per heavy atom. The molecule has 102 valence electrons. The zero-order valence-corrected chi connectivity index (χ0v) is 11.4. The van der Waals surface area contributed by atoms with Gasteiger partial charge in [0.2, 0.25) is 0 Å². The van der Waals surface area contributed by atoms with Gasteiger partial charge in [-0.15, -0.1) is 11.3 Å². The predicted octanol–water partition coefficient (Wildman–Crippen LogP) is 3.41. The molecule has 0 aliphatic rings. The van der Waals surface area contributed by atoms with Crippen LogP contribution in [0.25, 0.3) is 0 Å². The molecule has 2 rings (SSSR count). The largest absolute Gasteiger partial charge is 0.434 e. The lowest BCUT2D eigenvalue weighted by atomic mass is 10.1. The van der Waals surface area contributed by atoms with Crippen LogP contribution in [0, 0.1) is 13.8 Å². The Bertz CT molecular complexity index is 552. The molecule has 0 saturated carbocycles. The molecule has 0 radical (unpaired) electrons. The van der Waals surface area contributed by atoms with E-state index >= 15 is 0 Å². The first-order valence-corrected chi connectivity index (χ1v) is 6.54. The molecular formula is C13H14F2N2OS. The van der Waals surface area contributed by atoms with Crippen LogP contribution in [-0.4, -0.2) is 11.6 Å². The fourth-order valence-corrected chi connectivity index (χ4v) is 2.65. The fourth-order valence-electron chi connectivity index (χ4n) is 1.70. The van der Waals surface area contributed by atoms with Crippen LogP contribution in [0.5, 0.6) is 5.75 Å². The summed E-state index contributed by atoms with van der Waals surface area (Å²) in [5, 5.41) is 0.695. The maximum atomic E-state index is 12.4. The standard InChI is InChI=1S/C13H14F2N2OS/c1-7-8(2)19-12(17-7)11(16)9-5-3-4-6-10(9)18-13(14)15/h3-6,11,13H,16H2,1-2H3. The van der Waals surface area contributed by atoms with E-state index in [9.17, 15) is 8.78 Å². The summed E-state index contributed by atoms with van der Waals surface area (Å²) >= 11 is 1.47. The highest BCUT2D eigenvalue weighted by Crippen LogP contribution is 2.32. The maximum Gasteiger partial charge on any atom is 0.387 e. The molecule has 0 spiro atoms. The van der Waals surface area contributed by atoms with Crippen LogP contribution in [0.1, 0.15) is 27.2 Å². The van der Waals surface area contributed by atoms with Gasteiger partial charge in [0.05, 0.1) is 11.7 Å². The molecule has 1 aromatic heterocycles. The number of benzene rings is 1. The van der Waals surface area contributed by atoms with E-state index in [1.54, 1.807) is 18.2 Å². The van der Waals surface area contributed by atoms with Crippen molar-refractivity contribution in [3.05, 3.63) is 45.4 Å². The van der Waals surface area contributed by atoms with E-state index < -0.39 is 12.7 Å². The van der Waals surface area contributed by atoms with Gasteiger partial charge in [-0.2, -0.15) is 8.78 Å². The highest BCUT2D eigenvalue weighted by Gasteiger charge is 2.19. The molecule has 1 atom stereocenters. The number of alkyl halides is 2. The molecule has 0 bridgehead atoms. The monoisotopic (exact) mass is 284 g/mol. The quantitative estimate of drug-likeness (QED) is 0.936. The first-order chi connectivity index (χ1) is 8.99. The van der Waals surface area contributed by atoms with Gasteiger partial charge in [0.1, 0.15) is 10.8 Å². The number of hydrogen-bond acceptors (Lipinski definition) is 4. The van der Waals surface area contributed by atoms with Crippen LogP contribution in [0.3, 0.4) is 0 Å². The Hall–Kier alpha value is -1.53. The van der Waals surface area contributed by atoms with E-state index in [1.807, 2.05) is 13.8 Å². The Morgan fingerprint density at radius 1 is 1.26 bits per heavy atom. The second kappa shape index (κ2) is 5.63. The molecule has 19 heavy (non-hydrogen) atoms. The van der Waals surface area contributed by atoms with Gasteiger partial charge in [-0.25, -0.2) is 4.98 Å². The van der Waals surface area contributed by atoms with E-state index in [1.165, 1.54) is 17.4 Å². The molecule has 0 fully saturated rings. The van der Waals surface area contributed by atoms with Gasteiger partial charge in [0.25, 0.3) is 0 Å². The molecule has 2 aromatic rings. The van der Waals surface area contributed by atoms with Crippen molar-refractivity contribution in [2.75, 3.05) is 0 Å². The lowest BCUT2D eigenvalue weighted by Gasteiger charge is -2.14. The van der Waals surface area contributed by atoms with Crippen LogP contribution >= 0.6 is 11.3 Å². The van der Waals surface area contributed by atoms with Crippen molar-refractivity contribution < 1.29 is 13.5 Å². The van der Waals surface area contributed by atoms with Gasteiger partial charge in [-0.05, 0) is 19.9 Å². The van der Waals surface area contributed by atoms with Gasteiger partial charge >= 0.3 is 6.61 Å². The summed E-state index contributed by atoms with van der Waals surface area (Å²) in [6, 6.07) is 5.96.